The molecule has 2 amide bonds. The summed E-state index contributed by atoms with van der Waals surface area (Å²) in [7, 11) is 16.8. The van der Waals surface area contributed by atoms with Crippen molar-refractivity contribution in [2.75, 3.05) is 25.5 Å². The minimum absolute atomic E-state index is 0.0887. The molecule has 359 valence electrons. The number of nitrogens with zero attached hydrogens (tertiary/aromatic N) is 6. The summed E-state index contributed by atoms with van der Waals surface area (Å²) in [4.78, 5) is 37.8. The number of nitrogens with two attached hydrogens (primary N) is 1. The normalized spacial score (nSPS) is 9.76. The fourth-order valence-corrected chi connectivity index (χ4v) is 5.00. The van der Waals surface area contributed by atoms with E-state index in [4.69, 9.17) is 38.7 Å². The molecule has 0 heterocycles. The summed E-state index contributed by atoms with van der Waals surface area (Å²) >= 11 is 0. The molecule has 0 atom stereocenters. The fraction of sp³-hybridized carbons (Fsp3) is 0.361. The molecule has 0 fully saturated rings. The number of hydrogen-bond donors (Lipinski definition) is 5. The average Bonchev–Trinajstić information content (AvgIpc) is 3.30. The van der Waals surface area contributed by atoms with Gasteiger partial charge in [-0.2, -0.15) is 0 Å². The van der Waals surface area contributed by atoms with Crippen LogP contribution in [0.4, 0.5) is 69.7 Å². The first-order chi connectivity index (χ1) is 32.6. The monoisotopic (exact) mass is 969 g/mol. The highest BCUT2D eigenvalue weighted by atomic mass is 19.2. The molecule has 3 rings (SSSR count). The van der Waals surface area contributed by atoms with Crippen LogP contribution in [0.3, 0.4) is 0 Å². The van der Waals surface area contributed by atoms with Crippen molar-refractivity contribution >= 4 is 79.7 Å². The Morgan fingerprint density at radius 3 is 1.18 bits per heavy atom. The Hall–Kier alpha value is -6.44. The number of azide groups is 2. The largest absolute Gasteiger partial charge is 0.477 e. The quantitative estimate of drug-likeness (QED) is 0.0113. The predicted octanol–water partition coefficient (Wildman–Crippen LogP) is 7.44. The summed E-state index contributed by atoms with van der Waals surface area (Å²) in [5.74, 6) is -27.4. The molecule has 0 aliphatic rings. The van der Waals surface area contributed by atoms with E-state index in [1.54, 1.807) is 14.5 Å². The maximum absolute atomic E-state index is 13.8. The fourth-order valence-electron chi connectivity index (χ4n) is 5.00. The summed E-state index contributed by atoms with van der Waals surface area (Å²) < 4.78 is 167. The van der Waals surface area contributed by atoms with Gasteiger partial charge in [0.2, 0.25) is 0 Å². The molecule has 0 aromatic heterocycles. The van der Waals surface area contributed by atoms with Crippen molar-refractivity contribution in [3.05, 3.63) is 107 Å². The van der Waals surface area contributed by atoms with Gasteiger partial charge in [-0.25, -0.2) is 57.5 Å². The summed E-state index contributed by atoms with van der Waals surface area (Å²) in [6.07, 6.45) is 13.5. The number of unbranched alkanes of at least 4 members (excludes halogenated alkanes) is 6. The van der Waals surface area contributed by atoms with E-state index in [0.717, 1.165) is 58.2 Å². The van der Waals surface area contributed by atoms with Gasteiger partial charge in [0.15, 0.2) is 69.8 Å². The molecule has 14 nitrogen and oxygen atoms in total. The van der Waals surface area contributed by atoms with Crippen LogP contribution in [-0.4, -0.2) is 87.9 Å². The number of benzene rings is 3. The molecule has 0 aliphatic carbocycles. The zero-order valence-electron chi connectivity index (χ0n) is 35.9. The van der Waals surface area contributed by atoms with Crippen molar-refractivity contribution in [1.29, 1.82) is 0 Å². The van der Waals surface area contributed by atoms with Gasteiger partial charge in [0.05, 0.1) is 14.3 Å². The number of hydrogen-bond acceptors (Lipinski definition) is 7. The zero-order valence-corrected chi connectivity index (χ0v) is 34.9. The number of aromatic carboxylic acids is 1. The second kappa shape index (κ2) is 34.8. The lowest BCUT2D eigenvalue weighted by Crippen LogP contribution is -2.27. The van der Waals surface area contributed by atoms with Crippen LogP contribution in [0.1, 0.15) is 83.8 Å². The van der Waals surface area contributed by atoms with Gasteiger partial charge in [0.1, 0.15) is 35.1 Å². The van der Waals surface area contributed by atoms with Crippen molar-refractivity contribution < 1.29 is 73.5 Å². The van der Waals surface area contributed by atoms with E-state index in [1.807, 2.05) is 10.2 Å². The first-order valence-corrected chi connectivity index (χ1v) is 18.7. The molecule has 32 heteroatoms. The van der Waals surface area contributed by atoms with E-state index in [9.17, 15) is 67.1 Å². The minimum Gasteiger partial charge on any atom is -0.477 e. The van der Waals surface area contributed by atoms with Crippen LogP contribution in [0, 0.1) is 82.6 Å². The molecular formula is C36H38B6F12N10O4-. The van der Waals surface area contributed by atoms with Crippen LogP contribution in [0.25, 0.3) is 20.9 Å². The van der Waals surface area contributed by atoms with Gasteiger partial charge in [-0.05, 0) is 31.2 Å². The number of carbonyl (C=O) groups is 3. The zero-order chi connectivity index (χ0) is 53.4. The number of carboxylic acid groups (broad SMARTS) is 1. The van der Waals surface area contributed by atoms with Crippen molar-refractivity contribution in [3.63, 3.8) is 0 Å². The lowest BCUT2D eigenvalue weighted by atomic mass is 9.53. The van der Waals surface area contributed by atoms with E-state index in [-0.39, 0.29) is 13.1 Å². The van der Waals surface area contributed by atoms with E-state index >= 15 is 0 Å². The van der Waals surface area contributed by atoms with Gasteiger partial charge < -0.3 is 26.7 Å². The van der Waals surface area contributed by atoms with Gasteiger partial charge >= 0.3 is 5.97 Å². The number of rotatable bonds is 20. The summed E-state index contributed by atoms with van der Waals surface area (Å²) in [6, 6.07) is 0. The number of nitrogens with one attached hydrogen (secondary N) is 3. The standard InChI is InChI=1S/C14H17B2F4N2O.C13H13B2F4N4O.C7HF4N3O2.C2H2.B2H5N/c1-21-13-11(19)9(17)8(10(18)12(13)20)14(23)22-7-5-3-2-4-6-16-15;14-15-5-3-1-2-4-6-21-13(24)7-8(16)10(18)12(22-23-20)11(19)9(7)17;8-2-1(7(15)16)3(9)5(11)6(4(2)10)13-14-12;1-2;1-2-3/h21H,2-7H2,1H3,(H,22,23);1-6H2,(H,21,24);(H,15,16);1-2H;3H2,1H3/q;;;;-1/i;;;1D;. The Morgan fingerprint density at radius 2 is 0.912 bits per heavy atom. The van der Waals surface area contributed by atoms with E-state index in [0.29, 0.717) is 20.6 Å². The third-order valence-electron chi connectivity index (χ3n) is 8.12. The van der Waals surface area contributed by atoms with Crippen molar-refractivity contribution in [2.45, 2.75) is 64.0 Å². The molecule has 0 bridgehead atoms. The Balaban J connectivity index is 0. The molecule has 7 radical (unpaired) electrons. The van der Waals surface area contributed by atoms with Crippen LogP contribution in [0.5, 0.6) is 0 Å². The molecular weight excluding hydrogens is 929 g/mol. The predicted molar refractivity (Wildman–Crippen MR) is 237 cm³/mol. The van der Waals surface area contributed by atoms with Gasteiger partial charge in [-0.1, -0.05) is 69.1 Å². The van der Waals surface area contributed by atoms with E-state index in [1.165, 1.54) is 13.6 Å². The Bertz CT molecular complexity index is 2230. The maximum Gasteiger partial charge on any atom is 0.341 e. The van der Waals surface area contributed by atoms with Crippen molar-refractivity contribution in [3.8, 4) is 12.8 Å². The van der Waals surface area contributed by atoms with Crippen molar-refractivity contribution in [1.82, 2.24) is 10.6 Å². The molecule has 0 aliphatic heterocycles. The summed E-state index contributed by atoms with van der Waals surface area (Å²) in [5, 5.41) is 19.7. The highest BCUT2D eigenvalue weighted by molar-refractivity contribution is 6.89. The molecule has 68 heavy (non-hydrogen) atoms. The maximum atomic E-state index is 13.8. The number of anilines is 1. The van der Waals surface area contributed by atoms with E-state index in [2.05, 4.69) is 32.2 Å². The number of terminal acetylenes is 1. The number of carbonyl (C=O) groups excluding carboxylic acids is 2. The van der Waals surface area contributed by atoms with Crippen LogP contribution in [0.15, 0.2) is 10.2 Å². The highest BCUT2D eigenvalue weighted by Gasteiger charge is 2.31. The number of halogens is 12. The molecule has 3 aromatic rings. The Morgan fingerprint density at radius 1 is 0.632 bits per heavy atom. The summed E-state index contributed by atoms with van der Waals surface area (Å²) in [6.45, 7) is 0.243. The molecule has 6 N–H and O–H groups in total. The average molecular weight is 969 g/mol. The second-order valence-corrected chi connectivity index (χ2v) is 12.3. The van der Waals surface area contributed by atoms with Gasteiger partial charge in [0.25, 0.3) is 11.8 Å². The van der Waals surface area contributed by atoms with Gasteiger partial charge in [-0.15, -0.1) is 12.8 Å². The Labute approximate surface area is 388 Å². The SMILES string of the molecule is [2H]C#C.[BH3-][B]N.[B][B]CCCCCCNC(=O)c1c(F)c(F)c(N=[N+]=[N-])c(F)c1F.[B][B]CCCCCCNC(=O)c1c(F)c(F)c(NC)c(F)c1F.[N-]=[N+]=Nc1c(F)c(F)c(C(=O)O)c(F)c1F. The topological polar surface area (TPSA) is 231 Å². The first-order valence-electron chi connectivity index (χ1n) is 19.2. The molecule has 0 unspecified atom stereocenters. The second-order valence-electron chi connectivity index (χ2n) is 12.3. The van der Waals surface area contributed by atoms with Gasteiger partial charge in [-0.3, -0.25) is 9.59 Å². The summed E-state index contributed by atoms with van der Waals surface area (Å²) in [5.41, 5.74) is 12.5. The van der Waals surface area contributed by atoms with E-state index < -0.39 is 121 Å². The molecule has 3 aromatic carbocycles. The smallest absolute Gasteiger partial charge is 0.341 e. The van der Waals surface area contributed by atoms with Crippen LogP contribution >= 0.6 is 0 Å². The third-order valence-corrected chi connectivity index (χ3v) is 8.12. The molecule has 0 spiro atoms. The molecule has 0 saturated heterocycles. The van der Waals surface area contributed by atoms with Crippen LogP contribution in [0.2, 0.25) is 12.6 Å². The first kappa shape index (κ1) is 61.6. The minimum atomic E-state index is -2.18. The third kappa shape index (κ3) is 19.0. The lowest BCUT2D eigenvalue weighted by molar-refractivity contribution is 0.0683. The number of amides is 2. The van der Waals surface area contributed by atoms with Crippen LogP contribution in [-0.2, 0) is 0 Å². The Kier molecular flexibility index (Phi) is 31.5. The highest BCUT2D eigenvalue weighted by Crippen LogP contribution is 2.32. The lowest BCUT2D eigenvalue weighted by Gasteiger charge is -2.11. The molecule has 0 saturated carbocycles. The van der Waals surface area contributed by atoms with Crippen LogP contribution < -0.4 is 21.6 Å². The van der Waals surface area contributed by atoms with Crippen molar-refractivity contribution in [2.24, 2.45) is 15.9 Å². The number of carboxylic acids is 1. The van der Waals surface area contributed by atoms with Gasteiger partial charge in [0, 0.05) is 45.4 Å².